The summed E-state index contributed by atoms with van der Waals surface area (Å²) in [6.07, 6.45) is 9.44. The molecule has 192 valence electrons. The molecule has 4 aliphatic carbocycles. The lowest BCUT2D eigenvalue weighted by molar-refractivity contribution is -0.870. The molecule has 0 amide bonds. The smallest absolute Gasteiger partial charge is 0.381 e. The van der Waals surface area contributed by atoms with Crippen LogP contribution in [0.4, 0.5) is 0 Å². The van der Waals surface area contributed by atoms with Crippen molar-refractivity contribution in [2.75, 3.05) is 34.3 Å². The molecule has 8 heteroatoms. The van der Waals surface area contributed by atoms with E-state index >= 15 is 0 Å². The zero-order valence-corrected chi connectivity index (χ0v) is 22.6. The molecule has 0 aromatic heterocycles. The molecule has 0 aliphatic heterocycles. The van der Waals surface area contributed by atoms with Gasteiger partial charge in [0.2, 0.25) is 0 Å². The summed E-state index contributed by atoms with van der Waals surface area (Å²) in [6, 6.07) is 0. The second kappa shape index (κ2) is 8.64. The number of fused-ring (bicyclic) bond motifs is 5. The number of quaternary nitrogens is 1. The first-order valence-electron chi connectivity index (χ1n) is 12.7. The third-order valence-electron chi connectivity index (χ3n) is 9.56. The fraction of sp³-hybridized carbons (Fsp3) is 0.808. The van der Waals surface area contributed by atoms with Gasteiger partial charge in [-0.3, -0.25) is 13.8 Å². The van der Waals surface area contributed by atoms with Crippen LogP contribution in [0.2, 0.25) is 0 Å². The van der Waals surface area contributed by atoms with Crippen LogP contribution in [0.15, 0.2) is 23.3 Å². The minimum Gasteiger partial charge on any atom is -0.381 e. The first-order chi connectivity index (χ1) is 15.6. The van der Waals surface area contributed by atoms with Crippen LogP contribution in [0.25, 0.3) is 0 Å². The van der Waals surface area contributed by atoms with Gasteiger partial charge in [-0.1, -0.05) is 37.1 Å². The standard InChI is InChI=1S/C26H42NO6P/c1-18(28)26(29)14-11-23-21-8-7-19-17-20(33-34(30,31)32-16-15-27(4,5)6)9-12-24(19,2)22(21)10-13-25(23,26)3/h7-8,20,22-23,29H,9-17H2,1-6H3/p+1/t20?,22-,23-,24-,25-,26-/m0/s1. The maximum absolute atomic E-state index is 12.5. The Morgan fingerprint density at radius 3 is 2.44 bits per heavy atom. The molecule has 2 unspecified atom stereocenters. The van der Waals surface area contributed by atoms with E-state index < -0.39 is 18.8 Å². The van der Waals surface area contributed by atoms with Gasteiger partial charge < -0.3 is 14.5 Å². The Labute approximate surface area is 204 Å². The first kappa shape index (κ1) is 26.2. The normalized spacial score (nSPS) is 41.5. The molecule has 0 saturated heterocycles. The summed E-state index contributed by atoms with van der Waals surface area (Å²) in [5, 5.41) is 11.3. The summed E-state index contributed by atoms with van der Waals surface area (Å²) < 4.78 is 24.0. The summed E-state index contributed by atoms with van der Waals surface area (Å²) >= 11 is 0. The van der Waals surface area contributed by atoms with Gasteiger partial charge in [-0.25, -0.2) is 4.57 Å². The lowest BCUT2D eigenvalue weighted by atomic mass is 9.50. The van der Waals surface area contributed by atoms with Crippen molar-refractivity contribution in [1.82, 2.24) is 0 Å². The summed E-state index contributed by atoms with van der Waals surface area (Å²) in [5.41, 5.74) is 0.996. The summed E-state index contributed by atoms with van der Waals surface area (Å²) in [5.74, 6) is 0.489. The van der Waals surface area contributed by atoms with E-state index in [1.807, 2.05) is 21.1 Å². The van der Waals surface area contributed by atoms with E-state index in [1.54, 1.807) is 0 Å². The van der Waals surface area contributed by atoms with Crippen LogP contribution in [0, 0.1) is 22.7 Å². The third-order valence-corrected chi connectivity index (χ3v) is 10.6. The number of ketones is 1. The van der Waals surface area contributed by atoms with Crippen LogP contribution in [0.5, 0.6) is 0 Å². The Morgan fingerprint density at radius 1 is 1.12 bits per heavy atom. The summed E-state index contributed by atoms with van der Waals surface area (Å²) in [6.45, 7) is 6.74. The number of phosphoric ester groups is 1. The maximum Gasteiger partial charge on any atom is 0.472 e. The largest absolute Gasteiger partial charge is 0.472 e. The van der Waals surface area contributed by atoms with E-state index in [-0.39, 0.29) is 29.8 Å². The zero-order valence-electron chi connectivity index (χ0n) is 21.7. The van der Waals surface area contributed by atoms with Crippen molar-refractivity contribution in [2.45, 2.75) is 77.4 Å². The number of phosphoric acid groups is 1. The number of rotatable bonds is 7. The minimum absolute atomic E-state index is 0.0216. The number of carbonyl (C=O) groups excluding carboxylic acids is 1. The molecule has 0 aromatic rings. The van der Waals surface area contributed by atoms with Crippen LogP contribution in [0.1, 0.15) is 65.7 Å². The van der Waals surface area contributed by atoms with Gasteiger partial charge in [0, 0.05) is 5.41 Å². The molecule has 3 saturated carbocycles. The van der Waals surface area contributed by atoms with Gasteiger partial charge in [-0.05, 0) is 69.1 Å². The highest BCUT2D eigenvalue weighted by atomic mass is 31.2. The molecule has 0 spiro atoms. The Kier molecular flexibility index (Phi) is 6.67. The maximum atomic E-state index is 12.5. The number of aliphatic hydroxyl groups is 1. The molecule has 0 bridgehead atoms. The molecule has 7 nitrogen and oxygen atoms in total. The average molecular weight is 497 g/mol. The van der Waals surface area contributed by atoms with E-state index in [4.69, 9.17) is 9.05 Å². The first-order valence-corrected chi connectivity index (χ1v) is 14.2. The number of allylic oxidation sites excluding steroid dienone is 3. The summed E-state index contributed by atoms with van der Waals surface area (Å²) in [4.78, 5) is 22.7. The minimum atomic E-state index is -4.11. The van der Waals surface area contributed by atoms with Crippen LogP contribution >= 0.6 is 7.82 Å². The van der Waals surface area contributed by atoms with Crippen LogP contribution in [-0.4, -0.2) is 66.3 Å². The highest BCUT2D eigenvalue weighted by Crippen LogP contribution is 2.66. The highest BCUT2D eigenvalue weighted by molar-refractivity contribution is 7.47. The molecule has 4 aliphatic rings. The molecular formula is C26H43NO6P+. The topological polar surface area (TPSA) is 93.1 Å². The van der Waals surface area contributed by atoms with Gasteiger partial charge in [0.15, 0.2) is 5.78 Å². The highest BCUT2D eigenvalue weighted by Gasteiger charge is 2.63. The molecular weight excluding hydrogens is 453 g/mol. The summed E-state index contributed by atoms with van der Waals surface area (Å²) in [7, 11) is 1.91. The lowest BCUT2D eigenvalue weighted by Crippen LogP contribution is -2.54. The van der Waals surface area contributed by atoms with E-state index in [0.717, 1.165) is 25.7 Å². The van der Waals surface area contributed by atoms with Crippen molar-refractivity contribution >= 4 is 13.6 Å². The SMILES string of the molecule is CC(=O)[C@@]1(O)CC[C@H]2C3=CC=C4CC(OP(=O)(O)OCC[N+](C)(C)C)CC[C@]4(C)[C@H]3CC[C@@]21C. The Balaban J connectivity index is 1.49. The van der Waals surface area contributed by atoms with Crippen LogP contribution in [0.3, 0.4) is 0 Å². The molecule has 34 heavy (non-hydrogen) atoms. The molecule has 7 atom stereocenters. The Morgan fingerprint density at radius 2 is 1.79 bits per heavy atom. The molecule has 0 heterocycles. The quantitative estimate of drug-likeness (QED) is 0.401. The molecule has 2 N–H and O–H groups in total. The Bertz CT molecular complexity index is 953. The molecule has 0 aromatic carbocycles. The van der Waals surface area contributed by atoms with Gasteiger partial charge in [-0.2, -0.15) is 0 Å². The van der Waals surface area contributed by atoms with Crippen molar-refractivity contribution in [1.29, 1.82) is 0 Å². The van der Waals surface area contributed by atoms with Gasteiger partial charge in [0.25, 0.3) is 0 Å². The monoisotopic (exact) mass is 496 g/mol. The van der Waals surface area contributed by atoms with Crippen molar-refractivity contribution in [3.8, 4) is 0 Å². The number of hydrogen-bond acceptors (Lipinski definition) is 5. The fourth-order valence-electron chi connectivity index (χ4n) is 7.31. The fourth-order valence-corrected chi connectivity index (χ4v) is 8.24. The Hall–Kier alpha value is -0.820. The molecule has 0 radical (unpaired) electrons. The molecule has 3 fully saturated rings. The van der Waals surface area contributed by atoms with E-state index in [0.29, 0.717) is 36.2 Å². The zero-order chi connectivity index (χ0) is 25.2. The second-order valence-electron chi connectivity index (χ2n) is 12.6. The van der Waals surface area contributed by atoms with Crippen molar-refractivity contribution in [3.05, 3.63) is 23.3 Å². The van der Waals surface area contributed by atoms with Gasteiger partial charge in [0.1, 0.15) is 18.8 Å². The van der Waals surface area contributed by atoms with Gasteiger partial charge in [0.05, 0.1) is 27.2 Å². The van der Waals surface area contributed by atoms with Crippen LogP contribution in [-0.2, 0) is 18.4 Å². The number of likely N-dealkylation sites (N-methyl/N-ethyl adjacent to an activating group) is 1. The van der Waals surface area contributed by atoms with E-state index in [2.05, 4.69) is 26.0 Å². The van der Waals surface area contributed by atoms with Crippen molar-refractivity contribution in [3.63, 3.8) is 0 Å². The predicted octanol–water partition coefficient (Wildman–Crippen LogP) is 4.40. The van der Waals surface area contributed by atoms with Gasteiger partial charge >= 0.3 is 7.82 Å². The third kappa shape index (κ3) is 4.42. The number of hydrogen-bond donors (Lipinski definition) is 2. The second-order valence-corrected chi connectivity index (χ2v) is 14.0. The van der Waals surface area contributed by atoms with Crippen LogP contribution < -0.4 is 0 Å². The number of nitrogens with zero attached hydrogens (tertiary/aromatic N) is 1. The van der Waals surface area contributed by atoms with Gasteiger partial charge in [-0.15, -0.1) is 0 Å². The predicted molar refractivity (Wildman–Crippen MR) is 131 cm³/mol. The van der Waals surface area contributed by atoms with E-state index in [9.17, 15) is 19.4 Å². The number of carbonyl (C=O) groups is 1. The molecule has 4 rings (SSSR count). The number of Topliss-reactive ketones (excluding diaryl/α,β-unsaturated/α-hetero) is 1. The lowest BCUT2D eigenvalue weighted by Gasteiger charge is -2.55. The van der Waals surface area contributed by atoms with Crippen molar-refractivity contribution in [2.24, 2.45) is 22.7 Å². The van der Waals surface area contributed by atoms with Crippen molar-refractivity contribution < 1.29 is 32.9 Å². The average Bonchev–Trinajstić information content (AvgIpc) is 2.99. The van der Waals surface area contributed by atoms with E-state index in [1.165, 1.54) is 18.1 Å².